The molecule has 0 bridgehead atoms. The maximum absolute atomic E-state index is 12.7. The van der Waals surface area contributed by atoms with Crippen molar-refractivity contribution < 1.29 is 14.1 Å². The minimum Gasteiger partial charge on any atom is -0.369 e. The topological polar surface area (TPSA) is 95.1 Å². The quantitative estimate of drug-likeness (QED) is 0.896. The molecule has 1 aliphatic rings. The highest BCUT2D eigenvalue weighted by Gasteiger charge is 2.31. The number of ether oxygens (including phenoxy) is 1. The molecule has 2 aromatic rings. The summed E-state index contributed by atoms with van der Waals surface area (Å²) in [7, 11) is 0. The van der Waals surface area contributed by atoms with Gasteiger partial charge in [0.1, 0.15) is 5.69 Å². The summed E-state index contributed by atoms with van der Waals surface area (Å²) in [5, 5.41) is 11.2. The number of carbonyl (C=O) groups excluding carboxylic acids is 1. The Kier molecular flexibility index (Phi) is 4.66. The summed E-state index contributed by atoms with van der Waals surface area (Å²) < 4.78 is 12.7. The number of fused-ring (bicyclic) bond motifs is 1. The molecular weight excluding hydrogens is 310 g/mol. The number of aryl methyl sites for hydroxylation is 2. The van der Waals surface area contributed by atoms with Gasteiger partial charge >= 0.3 is 0 Å². The molecule has 2 atom stereocenters. The Morgan fingerprint density at radius 1 is 1.38 bits per heavy atom. The molecule has 3 heterocycles. The van der Waals surface area contributed by atoms with Gasteiger partial charge in [0.25, 0.3) is 5.91 Å². The second-order valence-electron chi connectivity index (χ2n) is 5.96. The number of aromatic nitrogens is 4. The zero-order valence-corrected chi connectivity index (χ0v) is 14.5. The van der Waals surface area contributed by atoms with E-state index >= 15 is 0 Å². The van der Waals surface area contributed by atoms with Crippen molar-refractivity contribution in [2.45, 2.75) is 65.8 Å². The molecule has 0 unspecified atom stereocenters. The largest absolute Gasteiger partial charge is 0.369 e. The van der Waals surface area contributed by atoms with Crippen LogP contribution >= 0.6 is 0 Å². The van der Waals surface area contributed by atoms with Crippen molar-refractivity contribution in [1.29, 1.82) is 0 Å². The molecule has 2 aromatic heterocycles. The van der Waals surface area contributed by atoms with E-state index in [-0.39, 0.29) is 24.7 Å². The lowest BCUT2D eigenvalue weighted by molar-refractivity contribution is -0.00712. The summed E-state index contributed by atoms with van der Waals surface area (Å²) in [4.78, 5) is 16.9. The van der Waals surface area contributed by atoms with E-state index in [4.69, 9.17) is 9.26 Å². The number of amides is 1. The molecule has 3 rings (SSSR count). The number of carbonyl (C=O) groups is 1. The van der Waals surface area contributed by atoms with Gasteiger partial charge in [0.05, 0.1) is 24.4 Å². The van der Waals surface area contributed by atoms with Gasteiger partial charge in [0.2, 0.25) is 5.89 Å². The lowest BCUT2D eigenvalue weighted by atomic mass is 9.99. The normalized spacial score (nSPS) is 20.0. The van der Waals surface area contributed by atoms with Crippen LogP contribution < -0.4 is 5.32 Å². The van der Waals surface area contributed by atoms with Crippen LogP contribution in [-0.4, -0.2) is 31.9 Å². The van der Waals surface area contributed by atoms with Gasteiger partial charge in [-0.25, -0.2) is 0 Å². The van der Waals surface area contributed by atoms with Crippen LogP contribution in [0.15, 0.2) is 4.52 Å². The van der Waals surface area contributed by atoms with Crippen molar-refractivity contribution >= 4 is 5.91 Å². The number of hydrogen-bond donors (Lipinski definition) is 1. The van der Waals surface area contributed by atoms with Gasteiger partial charge in [-0.1, -0.05) is 12.1 Å². The summed E-state index contributed by atoms with van der Waals surface area (Å²) in [5.41, 5.74) is 2.43. The van der Waals surface area contributed by atoms with Crippen LogP contribution in [0.3, 0.4) is 0 Å². The van der Waals surface area contributed by atoms with Crippen molar-refractivity contribution in [2.75, 3.05) is 0 Å². The molecule has 0 spiro atoms. The third kappa shape index (κ3) is 3.06. The lowest BCUT2D eigenvalue weighted by Crippen LogP contribution is -2.29. The molecule has 0 aromatic carbocycles. The Labute approximate surface area is 140 Å². The average Bonchev–Trinajstić information content (AvgIpc) is 3.16. The van der Waals surface area contributed by atoms with E-state index in [1.54, 1.807) is 4.68 Å². The molecule has 0 fully saturated rings. The van der Waals surface area contributed by atoms with Crippen LogP contribution in [0.4, 0.5) is 0 Å². The Balaban J connectivity index is 1.81. The zero-order valence-electron chi connectivity index (χ0n) is 14.5. The first-order chi connectivity index (χ1) is 11.5. The van der Waals surface area contributed by atoms with Crippen LogP contribution in [-0.2, 0) is 30.7 Å². The lowest BCUT2D eigenvalue weighted by Gasteiger charge is -2.24. The third-order valence-corrected chi connectivity index (χ3v) is 4.14. The molecule has 0 aliphatic carbocycles. The molecule has 1 N–H and O–H groups in total. The van der Waals surface area contributed by atoms with E-state index in [0.717, 1.165) is 11.3 Å². The second kappa shape index (κ2) is 6.72. The smallest absolute Gasteiger partial charge is 0.270 e. The number of hydrogen-bond acceptors (Lipinski definition) is 6. The van der Waals surface area contributed by atoms with Crippen molar-refractivity contribution in [3.63, 3.8) is 0 Å². The van der Waals surface area contributed by atoms with Crippen LogP contribution in [0.5, 0.6) is 0 Å². The van der Waals surface area contributed by atoms with Gasteiger partial charge in [0.15, 0.2) is 5.82 Å². The van der Waals surface area contributed by atoms with Gasteiger partial charge in [0, 0.05) is 24.9 Å². The molecule has 24 heavy (non-hydrogen) atoms. The zero-order chi connectivity index (χ0) is 17.3. The molecule has 0 radical (unpaired) electrons. The molecule has 8 heteroatoms. The summed E-state index contributed by atoms with van der Waals surface area (Å²) in [5.74, 6) is 0.861. The fourth-order valence-electron chi connectivity index (χ4n) is 3.02. The van der Waals surface area contributed by atoms with Gasteiger partial charge in [-0.15, -0.1) is 0 Å². The van der Waals surface area contributed by atoms with E-state index in [2.05, 4.69) is 20.6 Å². The molecule has 0 saturated heterocycles. The summed E-state index contributed by atoms with van der Waals surface area (Å²) in [6.45, 7) is 8.72. The number of nitrogens with zero attached hydrogens (tertiary/aromatic N) is 4. The van der Waals surface area contributed by atoms with Crippen LogP contribution in [0.1, 0.15) is 67.3 Å². The van der Waals surface area contributed by atoms with E-state index in [9.17, 15) is 4.79 Å². The third-order valence-electron chi connectivity index (χ3n) is 4.14. The van der Waals surface area contributed by atoms with Crippen molar-refractivity contribution in [3.8, 4) is 0 Å². The Bertz CT molecular complexity index is 736. The van der Waals surface area contributed by atoms with Gasteiger partial charge in [-0.3, -0.25) is 9.48 Å². The fourth-order valence-corrected chi connectivity index (χ4v) is 3.02. The Hall–Kier alpha value is -2.22. The standard InChI is InChI=1S/C16H23N5O3/c1-5-12-18-13(24-20-12)8-17-16(22)15-11-7-9(3)23-10(4)14(11)19-21(15)6-2/h9-10H,5-8H2,1-4H3,(H,17,22)/t9-,10+/m1/s1. The molecule has 1 aliphatic heterocycles. The highest BCUT2D eigenvalue weighted by molar-refractivity contribution is 5.94. The molecular formula is C16H23N5O3. The van der Waals surface area contributed by atoms with Gasteiger partial charge in [-0.2, -0.15) is 10.1 Å². The number of nitrogens with one attached hydrogen (secondary N) is 1. The Morgan fingerprint density at radius 2 is 2.17 bits per heavy atom. The predicted molar refractivity (Wildman–Crippen MR) is 85.4 cm³/mol. The van der Waals surface area contributed by atoms with E-state index in [1.807, 2.05) is 27.7 Å². The van der Waals surface area contributed by atoms with E-state index in [1.165, 1.54) is 0 Å². The monoisotopic (exact) mass is 333 g/mol. The van der Waals surface area contributed by atoms with Gasteiger partial charge in [-0.05, 0) is 20.8 Å². The van der Waals surface area contributed by atoms with E-state index < -0.39 is 0 Å². The van der Waals surface area contributed by atoms with Crippen LogP contribution in [0, 0.1) is 0 Å². The average molecular weight is 333 g/mol. The summed E-state index contributed by atoms with van der Waals surface area (Å²) in [6.07, 6.45) is 1.34. The number of rotatable bonds is 5. The maximum Gasteiger partial charge on any atom is 0.270 e. The fraction of sp³-hybridized carbons (Fsp3) is 0.625. The molecule has 0 saturated carbocycles. The van der Waals surface area contributed by atoms with Crippen LogP contribution in [0.2, 0.25) is 0 Å². The van der Waals surface area contributed by atoms with Gasteiger partial charge < -0.3 is 14.6 Å². The molecule has 8 nitrogen and oxygen atoms in total. The highest BCUT2D eigenvalue weighted by Crippen LogP contribution is 2.31. The van der Waals surface area contributed by atoms with Crippen molar-refractivity contribution in [2.24, 2.45) is 0 Å². The first-order valence-electron chi connectivity index (χ1n) is 8.38. The second-order valence-corrected chi connectivity index (χ2v) is 5.96. The first kappa shape index (κ1) is 16.6. The maximum atomic E-state index is 12.7. The summed E-state index contributed by atoms with van der Waals surface area (Å²) in [6, 6.07) is 0. The SMILES string of the molecule is CCc1noc(CNC(=O)c2c3c(nn2CC)[C@H](C)O[C@H](C)C3)n1. The predicted octanol–water partition coefficient (Wildman–Crippen LogP) is 1.80. The molecule has 130 valence electrons. The highest BCUT2D eigenvalue weighted by atomic mass is 16.5. The van der Waals surface area contributed by atoms with Crippen molar-refractivity contribution in [3.05, 3.63) is 28.7 Å². The summed E-state index contributed by atoms with van der Waals surface area (Å²) >= 11 is 0. The Morgan fingerprint density at radius 3 is 2.83 bits per heavy atom. The van der Waals surface area contributed by atoms with E-state index in [0.29, 0.717) is 36.8 Å². The minimum atomic E-state index is -0.178. The molecule has 1 amide bonds. The first-order valence-corrected chi connectivity index (χ1v) is 8.38. The minimum absolute atomic E-state index is 0.0663. The van der Waals surface area contributed by atoms with Crippen LogP contribution in [0.25, 0.3) is 0 Å². The van der Waals surface area contributed by atoms with Crippen molar-refractivity contribution in [1.82, 2.24) is 25.2 Å².